The summed E-state index contributed by atoms with van der Waals surface area (Å²) in [7, 11) is 0. The van der Waals surface area contributed by atoms with Crippen molar-refractivity contribution in [1.82, 2.24) is 4.98 Å². The molecule has 1 aromatic heterocycles. The van der Waals surface area contributed by atoms with Gasteiger partial charge in [0, 0.05) is 16.7 Å². The third-order valence-corrected chi connectivity index (χ3v) is 1.80. The molecule has 12 heavy (non-hydrogen) atoms. The zero-order valence-electron chi connectivity index (χ0n) is 8.97. The molecule has 0 amide bonds. The van der Waals surface area contributed by atoms with Crippen molar-refractivity contribution in [2.75, 3.05) is 0 Å². The molecule has 64 valence electrons. The monoisotopic (exact) mass is 206 g/mol. The number of pyridine rings is 1. The van der Waals surface area contributed by atoms with Crippen LogP contribution < -0.4 is 0 Å². The van der Waals surface area contributed by atoms with Crippen molar-refractivity contribution in [1.29, 1.82) is 0 Å². The van der Waals surface area contributed by atoms with Gasteiger partial charge in [-0.1, -0.05) is 30.1 Å². The van der Waals surface area contributed by atoms with Crippen molar-refractivity contribution in [3.8, 4) is 0 Å². The van der Waals surface area contributed by atoms with Gasteiger partial charge in [-0.15, -0.1) is 0 Å². The fraction of sp³-hybridized carbons (Fsp3) is 0.250. The summed E-state index contributed by atoms with van der Waals surface area (Å²) in [4.78, 5) is 15.1. The molecular formula is C8H7Cl2NO. The average molecular weight is 207 g/mol. The van der Waals surface area contributed by atoms with Crippen molar-refractivity contribution in [3.63, 3.8) is 0 Å². The Balaban J connectivity index is 2.92. The molecule has 0 saturated heterocycles. The van der Waals surface area contributed by atoms with Crippen molar-refractivity contribution in [3.05, 3.63) is 28.0 Å². The summed E-state index contributed by atoms with van der Waals surface area (Å²) in [6.07, 6.45) is 0.620. The minimum Gasteiger partial charge on any atom is -0.294 e. The Morgan fingerprint density at radius 1 is 1.75 bits per heavy atom. The molecule has 0 unspecified atom stereocenters. The topological polar surface area (TPSA) is 30.0 Å². The highest BCUT2D eigenvalue weighted by molar-refractivity contribution is 6.36. The van der Waals surface area contributed by atoms with E-state index in [9.17, 15) is 4.79 Å². The lowest BCUT2D eigenvalue weighted by molar-refractivity contribution is 0.0988. The molecule has 2 nitrogen and oxygen atoms in total. The summed E-state index contributed by atoms with van der Waals surface area (Å²) < 4.78 is 20.8. The molecule has 1 heterocycles. The standard InChI is InChI=1S/C8H7Cl2NO/c1-2-7(12)5-4-11-8(10)3-6(5)9/h3-4H,2H2,1H3/i1D3. The van der Waals surface area contributed by atoms with Gasteiger partial charge in [0.15, 0.2) is 5.78 Å². The van der Waals surface area contributed by atoms with E-state index in [2.05, 4.69) is 4.98 Å². The number of Topliss-reactive ketones (excluding diaryl/α,β-unsaturated/α-hetero) is 1. The van der Waals surface area contributed by atoms with E-state index in [1.165, 1.54) is 12.3 Å². The Hall–Kier alpha value is -0.600. The Labute approximate surface area is 84.7 Å². The third-order valence-electron chi connectivity index (χ3n) is 1.28. The van der Waals surface area contributed by atoms with E-state index < -0.39 is 19.1 Å². The van der Waals surface area contributed by atoms with Crippen LogP contribution in [0.15, 0.2) is 12.3 Å². The molecule has 1 aromatic rings. The molecule has 0 radical (unpaired) electrons. The smallest absolute Gasteiger partial charge is 0.165 e. The molecule has 0 saturated carbocycles. The summed E-state index contributed by atoms with van der Waals surface area (Å²) in [5.41, 5.74) is 0.0807. The molecule has 0 aliphatic carbocycles. The Morgan fingerprint density at radius 2 is 2.50 bits per heavy atom. The van der Waals surface area contributed by atoms with Crippen molar-refractivity contribution < 1.29 is 8.91 Å². The zero-order chi connectivity index (χ0) is 11.6. The van der Waals surface area contributed by atoms with Crippen LogP contribution in [0.4, 0.5) is 0 Å². The second kappa shape index (κ2) is 3.87. The fourth-order valence-electron chi connectivity index (χ4n) is 0.708. The van der Waals surface area contributed by atoms with Gasteiger partial charge < -0.3 is 0 Å². The van der Waals surface area contributed by atoms with Gasteiger partial charge in [-0.2, -0.15) is 0 Å². The first-order valence-corrected chi connectivity index (χ1v) is 3.89. The second-order valence-corrected chi connectivity index (χ2v) is 2.88. The number of aromatic nitrogens is 1. The average Bonchev–Trinajstić information content (AvgIpc) is 1.99. The quantitative estimate of drug-likeness (QED) is 0.551. The SMILES string of the molecule is [2H]C([2H])([2H])CC(=O)c1cnc(Cl)cc1Cl. The zero-order valence-corrected chi connectivity index (χ0v) is 7.49. The molecule has 0 bridgehead atoms. The van der Waals surface area contributed by atoms with Crippen molar-refractivity contribution in [2.45, 2.75) is 13.3 Å². The van der Waals surface area contributed by atoms with Crippen LogP contribution in [0.3, 0.4) is 0 Å². The number of hydrogen-bond donors (Lipinski definition) is 0. The van der Waals surface area contributed by atoms with Crippen LogP contribution in [-0.2, 0) is 0 Å². The molecule has 1 rings (SSSR count). The number of halogens is 2. The summed E-state index contributed by atoms with van der Waals surface area (Å²) in [6.45, 7) is -2.31. The van der Waals surface area contributed by atoms with Crippen LogP contribution in [0, 0.1) is 0 Å². The van der Waals surface area contributed by atoms with E-state index in [1.54, 1.807) is 0 Å². The van der Waals surface area contributed by atoms with Crippen molar-refractivity contribution >= 4 is 29.0 Å². The minimum absolute atomic E-state index is 0.0807. The van der Waals surface area contributed by atoms with Gasteiger partial charge in [0.1, 0.15) is 5.15 Å². The lowest BCUT2D eigenvalue weighted by Crippen LogP contribution is -1.98. The normalized spacial score (nSPS) is 14.7. The molecule has 4 heteroatoms. The summed E-state index contributed by atoms with van der Waals surface area (Å²) in [5, 5.41) is 0.273. The third kappa shape index (κ3) is 1.96. The predicted octanol–water partition coefficient (Wildman–Crippen LogP) is 2.98. The molecule has 0 aliphatic heterocycles. The van der Waals surface area contributed by atoms with Gasteiger partial charge in [0.25, 0.3) is 0 Å². The van der Waals surface area contributed by atoms with Gasteiger partial charge in [-0.05, 0) is 6.07 Å². The number of nitrogens with zero attached hydrogens (tertiary/aromatic N) is 1. The molecule has 0 atom stereocenters. The number of hydrogen-bond acceptors (Lipinski definition) is 2. The minimum atomic E-state index is -2.31. The Kier molecular flexibility index (Phi) is 1.92. The highest BCUT2D eigenvalue weighted by Gasteiger charge is 2.08. The molecule has 0 spiro atoms. The van der Waals surface area contributed by atoms with E-state index in [-0.39, 0.29) is 15.7 Å². The van der Waals surface area contributed by atoms with Crippen LogP contribution in [0.5, 0.6) is 0 Å². The van der Waals surface area contributed by atoms with Crippen LogP contribution >= 0.6 is 23.2 Å². The maximum Gasteiger partial charge on any atom is 0.165 e. The molecule has 0 N–H and O–H groups in total. The van der Waals surface area contributed by atoms with E-state index >= 15 is 0 Å². The highest BCUT2D eigenvalue weighted by atomic mass is 35.5. The second-order valence-electron chi connectivity index (χ2n) is 2.09. The van der Waals surface area contributed by atoms with Gasteiger partial charge in [0.2, 0.25) is 0 Å². The number of carbonyl (C=O) groups excluding carboxylic acids is 1. The predicted molar refractivity (Wildman–Crippen MR) is 48.9 cm³/mol. The number of ketones is 1. The van der Waals surface area contributed by atoms with E-state index in [4.69, 9.17) is 27.3 Å². The van der Waals surface area contributed by atoms with Crippen LogP contribution in [0.25, 0.3) is 0 Å². The lowest BCUT2D eigenvalue weighted by Gasteiger charge is -1.99. The number of rotatable bonds is 2. The van der Waals surface area contributed by atoms with Gasteiger partial charge in [-0.25, -0.2) is 4.98 Å². The number of carbonyl (C=O) groups is 1. The van der Waals surface area contributed by atoms with Crippen molar-refractivity contribution in [2.24, 2.45) is 0 Å². The Morgan fingerprint density at radius 3 is 3.08 bits per heavy atom. The summed E-state index contributed by atoms with van der Waals surface area (Å²) >= 11 is 11.3. The first kappa shape index (κ1) is 5.95. The lowest BCUT2D eigenvalue weighted by atomic mass is 10.1. The maximum absolute atomic E-state index is 11.5. The van der Waals surface area contributed by atoms with E-state index in [0.717, 1.165) is 0 Å². The molecule has 0 fully saturated rings. The first-order chi connectivity index (χ1) is 6.79. The first-order valence-electron chi connectivity index (χ1n) is 4.64. The summed E-state index contributed by atoms with van der Waals surface area (Å²) in [5.74, 6) is -0.566. The van der Waals surface area contributed by atoms with Gasteiger partial charge in [-0.3, -0.25) is 4.79 Å². The van der Waals surface area contributed by atoms with E-state index in [0.29, 0.717) is 0 Å². The van der Waals surface area contributed by atoms with Gasteiger partial charge in [0.05, 0.1) is 10.6 Å². The Bertz CT molecular complexity index is 392. The largest absolute Gasteiger partial charge is 0.294 e. The molecule has 0 aromatic carbocycles. The van der Waals surface area contributed by atoms with Gasteiger partial charge >= 0.3 is 0 Å². The fourth-order valence-corrected chi connectivity index (χ4v) is 1.18. The maximum atomic E-state index is 11.5. The molecular weight excluding hydrogens is 197 g/mol. The summed E-state index contributed by atoms with van der Waals surface area (Å²) in [6, 6.07) is 1.30. The van der Waals surface area contributed by atoms with Crippen LogP contribution in [-0.4, -0.2) is 10.8 Å². The van der Waals surface area contributed by atoms with E-state index in [1.807, 2.05) is 0 Å². The van der Waals surface area contributed by atoms with Crippen LogP contribution in [0.1, 0.15) is 27.7 Å². The van der Waals surface area contributed by atoms with Crippen LogP contribution in [0.2, 0.25) is 10.2 Å². The highest BCUT2D eigenvalue weighted by Crippen LogP contribution is 2.19. The molecule has 0 aliphatic rings.